The van der Waals surface area contributed by atoms with Crippen LogP contribution in [0, 0.1) is 0 Å². The summed E-state index contributed by atoms with van der Waals surface area (Å²) in [5, 5.41) is 1.00. The molecule has 0 spiro atoms. The fourth-order valence-electron chi connectivity index (χ4n) is 2.82. The van der Waals surface area contributed by atoms with Crippen molar-refractivity contribution >= 4 is 34.4 Å². The number of benzene rings is 2. The van der Waals surface area contributed by atoms with Crippen molar-refractivity contribution in [3.63, 3.8) is 0 Å². The molecule has 0 atom stereocenters. The summed E-state index contributed by atoms with van der Waals surface area (Å²) in [6.07, 6.45) is 2.71. The van der Waals surface area contributed by atoms with Gasteiger partial charge in [0, 0.05) is 27.6 Å². The summed E-state index contributed by atoms with van der Waals surface area (Å²) in [7, 11) is 0. The molecule has 0 saturated heterocycles. The van der Waals surface area contributed by atoms with E-state index < -0.39 is 0 Å². The van der Waals surface area contributed by atoms with Crippen LogP contribution >= 0.6 is 11.3 Å². The maximum absolute atomic E-state index is 12.9. The van der Waals surface area contributed by atoms with Crippen LogP contribution in [0.25, 0.3) is 21.3 Å². The second-order valence-electron chi connectivity index (χ2n) is 5.42. The molecular weight excluding hydrogens is 318 g/mol. The summed E-state index contributed by atoms with van der Waals surface area (Å²) < 4.78 is 1.68. The number of hydrogen-bond acceptors (Lipinski definition) is 3. The molecule has 4 rings (SSSR count). The van der Waals surface area contributed by atoms with Crippen molar-refractivity contribution in [3.8, 4) is 10.4 Å². The van der Waals surface area contributed by atoms with Gasteiger partial charge >= 0.3 is 0 Å². The maximum atomic E-state index is 12.9. The predicted molar refractivity (Wildman–Crippen MR) is 96.8 cm³/mol. The number of nitrogens with zero attached hydrogens (tertiary/aromatic N) is 1. The number of carbonyl (C=O) groups is 2. The summed E-state index contributed by atoms with van der Waals surface area (Å²) in [4.78, 5) is 25.5. The first-order valence-corrected chi connectivity index (χ1v) is 8.35. The largest absolute Gasteiger partial charge is 0.297 e. The molecule has 0 unspecified atom stereocenters. The van der Waals surface area contributed by atoms with Crippen LogP contribution in [0.4, 0.5) is 0 Å². The molecule has 116 valence electrons. The first-order valence-electron chi connectivity index (χ1n) is 7.53. The minimum absolute atomic E-state index is 0.0646. The van der Waals surface area contributed by atoms with Gasteiger partial charge in [-0.05, 0) is 30.3 Å². The summed E-state index contributed by atoms with van der Waals surface area (Å²) in [5.74, 6) is -0.0646. The lowest BCUT2D eigenvalue weighted by Gasteiger charge is -2.03. The SMILES string of the molecule is O=Cc1ccc(-c2cn(C(=O)c3ccccc3)c3ccccc23)s1. The summed E-state index contributed by atoms with van der Waals surface area (Å²) in [6, 6.07) is 20.8. The lowest BCUT2D eigenvalue weighted by molar-refractivity contribution is 0.0964. The van der Waals surface area contributed by atoms with E-state index >= 15 is 0 Å². The van der Waals surface area contributed by atoms with E-state index in [9.17, 15) is 9.59 Å². The fraction of sp³-hybridized carbons (Fsp3) is 0. The minimum Gasteiger partial charge on any atom is -0.297 e. The van der Waals surface area contributed by atoms with E-state index in [0.717, 1.165) is 27.6 Å². The molecule has 0 saturated carbocycles. The van der Waals surface area contributed by atoms with Crippen molar-refractivity contribution in [3.05, 3.63) is 83.4 Å². The van der Waals surface area contributed by atoms with Gasteiger partial charge in [-0.15, -0.1) is 11.3 Å². The molecule has 0 radical (unpaired) electrons. The third-order valence-electron chi connectivity index (χ3n) is 3.96. The van der Waals surface area contributed by atoms with Gasteiger partial charge in [0.25, 0.3) is 5.91 Å². The average Bonchev–Trinajstić information content (AvgIpc) is 3.26. The predicted octanol–water partition coefficient (Wildman–Crippen LogP) is 4.87. The standard InChI is InChI=1S/C20H13NO2S/c22-13-15-10-11-19(24-15)17-12-21(18-9-5-4-8-16(17)18)20(23)14-6-2-1-3-7-14/h1-13H. The van der Waals surface area contributed by atoms with E-state index in [0.29, 0.717) is 10.4 Å². The Balaban J connectivity index is 1.91. The molecule has 0 fully saturated rings. The highest BCUT2D eigenvalue weighted by Gasteiger charge is 2.16. The van der Waals surface area contributed by atoms with Crippen molar-refractivity contribution in [1.29, 1.82) is 0 Å². The van der Waals surface area contributed by atoms with E-state index in [4.69, 9.17) is 0 Å². The van der Waals surface area contributed by atoms with Crippen LogP contribution < -0.4 is 0 Å². The third kappa shape index (κ3) is 2.37. The first-order chi connectivity index (χ1) is 11.8. The molecule has 4 heteroatoms. The summed E-state index contributed by atoms with van der Waals surface area (Å²) >= 11 is 1.43. The number of fused-ring (bicyclic) bond motifs is 1. The van der Waals surface area contributed by atoms with Crippen LogP contribution in [0.3, 0.4) is 0 Å². The molecule has 3 nitrogen and oxygen atoms in total. The first kappa shape index (κ1) is 14.6. The van der Waals surface area contributed by atoms with E-state index in [-0.39, 0.29) is 5.91 Å². The molecule has 4 aromatic rings. The van der Waals surface area contributed by atoms with E-state index in [1.165, 1.54) is 11.3 Å². The molecule has 0 amide bonds. The van der Waals surface area contributed by atoms with Crippen molar-refractivity contribution in [2.24, 2.45) is 0 Å². The zero-order valence-electron chi connectivity index (χ0n) is 12.7. The van der Waals surface area contributed by atoms with Crippen molar-refractivity contribution in [2.75, 3.05) is 0 Å². The second kappa shape index (κ2) is 5.91. The van der Waals surface area contributed by atoms with Crippen molar-refractivity contribution in [2.45, 2.75) is 0 Å². The Bertz CT molecular complexity index is 1040. The van der Waals surface area contributed by atoms with Crippen LogP contribution in [0.2, 0.25) is 0 Å². The van der Waals surface area contributed by atoms with Gasteiger partial charge in [-0.25, -0.2) is 0 Å². The highest BCUT2D eigenvalue weighted by atomic mass is 32.1. The topological polar surface area (TPSA) is 39.1 Å². The summed E-state index contributed by atoms with van der Waals surface area (Å²) in [5.41, 5.74) is 2.47. The molecule has 0 aliphatic heterocycles. The van der Waals surface area contributed by atoms with Gasteiger partial charge in [0.05, 0.1) is 10.4 Å². The Hall–Kier alpha value is -2.98. The van der Waals surface area contributed by atoms with Crippen LogP contribution in [0.5, 0.6) is 0 Å². The lowest BCUT2D eigenvalue weighted by Crippen LogP contribution is -2.10. The number of carbonyl (C=O) groups excluding carboxylic acids is 2. The Labute approximate surface area is 142 Å². The van der Waals surface area contributed by atoms with Gasteiger partial charge in [-0.2, -0.15) is 0 Å². The van der Waals surface area contributed by atoms with E-state index in [1.807, 2.05) is 66.9 Å². The van der Waals surface area contributed by atoms with Crippen LogP contribution in [-0.4, -0.2) is 16.8 Å². The number of rotatable bonds is 3. The van der Waals surface area contributed by atoms with Crippen LogP contribution in [0.15, 0.2) is 72.9 Å². The number of hydrogen-bond donors (Lipinski definition) is 0. The van der Waals surface area contributed by atoms with E-state index in [2.05, 4.69) is 0 Å². The molecule has 0 N–H and O–H groups in total. The van der Waals surface area contributed by atoms with Gasteiger partial charge in [0.2, 0.25) is 0 Å². The quantitative estimate of drug-likeness (QED) is 0.502. The highest BCUT2D eigenvalue weighted by molar-refractivity contribution is 7.17. The number of para-hydroxylation sites is 1. The van der Waals surface area contributed by atoms with Gasteiger partial charge in [0.1, 0.15) is 0 Å². The number of aldehydes is 1. The molecule has 2 aromatic carbocycles. The van der Waals surface area contributed by atoms with E-state index in [1.54, 1.807) is 10.6 Å². The van der Waals surface area contributed by atoms with Crippen molar-refractivity contribution in [1.82, 2.24) is 4.57 Å². The molecule has 0 bridgehead atoms. The van der Waals surface area contributed by atoms with Gasteiger partial charge in [-0.3, -0.25) is 14.2 Å². The molecule has 2 heterocycles. The molecule has 2 aromatic heterocycles. The van der Waals surface area contributed by atoms with Gasteiger partial charge < -0.3 is 0 Å². The highest BCUT2D eigenvalue weighted by Crippen LogP contribution is 2.35. The van der Waals surface area contributed by atoms with Gasteiger partial charge in [-0.1, -0.05) is 36.4 Å². The molecule has 0 aliphatic carbocycles. The lowest BCUT2D eigenvalue weighted by atomic mass is 10.1. The van der Waals surface area contributed by atoms with Gasteiger partial charge in [0.15, 0.2) is 6.29 Å². The Kier molecular flexibility index (Phi) is 3.59. The fourth-order valence-corrected chi connectivity index (χ4v) is 3.67. The Morgan fingerprint density at radius 2 is 1.67 bits per heavy atom. The summed E-state index contributed by atoms with van der Waals surface area (Å²) in [6.45, 7) is 0. The monoisotopic (exact) mass is 331 g/mol. The Morgan fingerprint density at radius 1 is 0.917 bits per heavy atom. The minimum atomic E-state index is -0.0646. The third-order valence-corrected chi connectivity index (χ3v) is 5.00. The number of thiophene rings is 1. The zero-order chi connectivity index (χ0) is 16.5. The van der Waals surface area contributed by atoms with Crippen molar-refractivity contribution < 1.29 is 9.59 Å². The smallest absolute Gasteiger partial charge is 0.262 e. The molecule has 0 aliphatic rings. The molecular formula is C20H13NO2S. The molecule has 24 heavy (non-hydrogen) atoms. The normalized spacial score (nSPS) is 10.8. The Morgan fingerprint density at radius 3 is 2.42 bits per heavy atom. The van der Waals surface area contributed by atoms with Crippen LogP contribution in [-0.2, 0) is 0 Å². The average molecular weight is 331 g/mol. The number of aromatic nitrogens is 1. The zero-order valence-corrected chi connectivity index (χ0v) is 13.5. The van der Waals surface area contributed by atoms with Crippen LogP contribution in [0.1, 0.15) is 20.0 Å². The maximum Gasteiger partial charge on any atom is 0.262 e. The second-order valence-corrected chi connectivity index (χ2v) is 6.54.